The molecule has 0 atom stereocenters. The molecule has 9 rings (SSSR count). The fourth-order valence-corrected chi connectivity index (χ4v) is 8.55. The Morgan fingerprint density at radius 2 is 1.08 bits per heavy atom. The lowest BCUT2D eigenvalue weighted by atomic mass is 9.98. The van der Waals surface area contributed by atoms with E-state index in [0.717, 1.165) is 0 Å². The van der Waals surface area contributed by atoms with Crippen molar-refractivity contribution in [3.8, 4) is 16.8 Å². The third-order valence-electron chi connectivity index (χ3n) is 8.01. The van der Waals surface area contributed by atoms with Gasteiger partial charge in [0.05, 0.1) is 11.0 Å². The van der Waals surface area contributed by atoms with Gasteiger partial charge < -0.3 is 4.57 Å². The second kappa shape index (κ2) is 8.03. The van der Waals surface area contributed by atoms with Gasteiger partial charge in [0.25, 0.3) is 0 Å². The largest absolute Gasteiger partial charge is 0.309 e. The minimum Gasteiger partial charge on any atom is -0.309 e. The summed E-state index contributed by atoms with van der Waals surface area (Å²) in [5.41, 5.74) is 6.30. The van der Waals surface area contributed by atoms with Crippen molar-refractivity contribution in [3.05, 3.63) is 127 Å². The summed E-state index contributed by atoms with van der Waals surface area (Å²) in [7, 11) is 0. The first-order valence-electron chi connectivity index (χ1n) is 13.2. The third-order valence-corrected chi connectivity index (χ3v) is 10.3. The van der Waals surface area contributed by atoms with E-state index >= 15 is 0 Å². The molecule has 0 saturated carbocycles. The summed E-state index contributed by atoms with van der Waals surface area (Å²) in [6.45, 7) is 0. The Balaban J connectivity index is 1.26. The van der Waals surface area contributed by atoms with Gasteiger partial charge in [-0.25, -0.2) is 0 Å². The van der Waals surface area contributed by atoms with Crippen molar-refractivity contribution in [2.75, 3.05) is 0 Å². The smallest absolute Gasteiger partial charge is 0.0541 e. The van der Waals surface area contributed by atoms with Crippen LogP contribution in [-0.2, 0) is 0 Å². The molecule has 0 N–H and O–H groups in total. The van der Waals surface area contributed by atoms with Gasteiger partial charge in [0.1, 0.15) is 0 Å². The molecular formula is C36H21NS2. The van der Waals surface area contributed by atoms with Crippen LogP contribution in [0.25, 0.3) is 79.0 Å². The molecular weight excluding hydrogens is 511 g/mol. The van der Waals surface area contributed by atoms with E-state index in [-0.39, 0.29) is 0 Å². The van der Waals surface area contributed by atoms with Crippen molar-refractivity contribution in [1.82, 2.24) is 4.57 Å². The number of benzene rings is 6. The van der Waals surface area contributed by atoms with E-state index in [1.54, 1.807) is 0 Å². The summed E-state index contributed by atoms with van der Waals surface area (Å²) in [6.07, 6.45) is 0. The molecule has 0 radical (unpaired) electrons. The fraction of sp³-hybridized carbons (Fsp3) is 0. The number of nitrogens with zero attached hydrogens (tertiary/aromatic N) is 1. The number of rotatable bonds is 2. The first kappa shape index (κ1) is 21.5. The second-order valence-electron chi connectivity index (χ2n) is 10.1. The van der Waals surface area contributed by atoms with Gasteiger partial charge in [-0.05, 0) is 59.7 Å². The molecule has 1 nitrogen and oxygen atoms in total. The van der Waals surface area contributed by atoms with Crippen LogP contribution in [0.1, 0.15) is 0 Å². The van der Waals surface area contributed by atoms with E-state index in [4.69, 9.17) is 0 Å². The Bertz CT molecular complexity index is 2350. The van der Waals surface area contributed by atoms with Gasteiger partial charge in [-0.3, -0.25) is 0 Å². The summed E-state index contributed by atoms with van der Waals surface area (Å²) < 4.78 is 7.76. The quantitative estimate of drug-likeness (QED) is 0.209. The molecule has 0 unspecified atom stereocenters. The highest BCUT2D eigenvalue weighted by atomic mass is 32.1. The molecule has 0 fully saturated rings. The van der Waals surface area contributed by atoms with Crippen LogP contribution < -0.4 is 0 Å². The molecule has 0 aliphatic heterocycles. The van der Waals surface area contributed by atoms with Crippen LogP contribution >= 0.6 is 22.7 Å². The molecule has 9 aromatic rings. The van der Waals surface area contributed by atoms with Gasteiger partial charge in [-0.1, -0.05) is 78.9 Å². The standard InChI is InChI=1S/C36H21NS2/c1-4-12-30-25(8-1)26-9-2-5-13-31(26)37(30)23-17-19-33-29(21-23)27-18-16-22(20-35(27)39-33)24-11-7-15-34-36(24)28-10-3-6-14-32(28)38-34/h1-21H. The Morgan fingerprint density at radius 3 is 1.90 bits per heavy atom. The van der Waals surface area contributed by atoms with Gasteiger partial charge in [0.15, 0.2) is 0 Å². The molecule has 3 aromatic heterocycles. The Kier molecular flexibility index (Phi) is 4.43. The zero-order valence-electron chi connectivity index (χ0n) is 20.9. The van der Waals surface area contributed by atoms with Crippen LogP contribution in [0.4, 0.5) is 0 Å². The van der Waals surface area contributed by atoms with Crippen LogP contribution in [0, 0.1) is 0 Å². The molecule has 0 saturated heterocycles. The van der Waals surface area contributed by atoms with Crippen LogP contribution in [-0.4, -0.2) is 4.57 Å². The van der Waals surface area contributed by atoms with E-state index in [1.165, 1.54) is 79.0 Å². The summed E-state index contributed by atoms with van der Waals surface area (Å²) in [5.74, 6) is 0. The van der Waals surface area contributed by atoms with Crippen LogP contribution in [0.3, 0.4) is 0 Å². The molecule has 3 heterocycles. The Hall–Kier alpha value is -4.44. The maximum Gasteiger partial charge on any atom is 0.0541 e. The van der Waals surface area contributed by atoms with Crippen molar-refractivity contribution in [1.29, 1.82) is 0 Å². The minimum absolute atomic E-state index is 1.21. The molecule has 6 aromatic carbocycles. The Morgan fingerprint density at radius 1 is 0.410 bits per heavy atom. The zero-order chi connectivity index (χ0) is 25.5. The highest BCUT2D eigenvalue weighted by Crippen LogP contribution is 2.43. The third kappa shape index (κ3) is 3.06. The maximum absolute atomic E-state index is 2.41. The Labute approximate surface area is 232 Å². The summed E-state index contributed by atoms with van der Waals surface area (Å²) >= 11 is 3.77. The molecule has 182 valence electrons. The molecule has 0 bridgehead atoms. The van der Waals surface area contributed by atoms with Crippen molar-refractivity contribution >= 4 is 84.8 Å². The fourth-order valence-electron chi connectivity index (χ4n) is 6.29. The SMILES string of the molecule is c1ccc2c(c1)sc1cccc(-c3ccc4c(c3)sc3ccc(-n5c6ccccc6c6ccccc65)cc34)c12. The predicted octanol–water partition coefficient (Wildman–Crippen LogP) is 11.2. The zero-order valence-corrected chi connectivity index (χ0v) is 22.5. The molecule has 39 heavy (non-hydrogen) atoms. The van der Waals surface area contributed by atoms with Crippen molar-refractivity contribution in [2.45, 2.75) is 0 Å². The number of para-hydroxylation sites is 2. The van der Waals surface area contributed by atoms with Gasteiger partial charge in [-0.2, -0.15) is 0 Å². The van der Waals surface area contributed by atoms with E-state index in [1.807, 2.05) is 22.7 Å². The monoisotopic (exact) mass is 531 g/mol. The highest BCUT2D eigenvalue weighted by Gasteiger charge is 2.15. The average molecular weight is 532 g/mol. The number of fused-ring (bicyclic) bond motifs is 9. The summed E-state index contributed by atoms with van der Waals surface area (Å²) in [5, 5.41) is 7.95. The van der Waals surface area contributed by atoms with Crippen molar-refractivity contribution in [2.24, 2.45) is 0 Å². The number of aromatic nitrogens is 1. The first-order valence-corrected chi connectivity index (χ1v) is 14.8. The lowest BCUT2D eigenvalue weighted by Crippen LogP contribution is -1.93. The van der Waals surface area contributed by atoms with E-state index in [2.05, 4.69) is 132 Å². The van der Waals surface area contributed by atoms with Crippen LogP contribution in [0.15, 0.2) is 127 Å². The molecule has 0 spiro atoms. The predicted molar refractivity (Wildman–Crippen MR) is 172 cm³/mol. The molecule has 0 aliphatic rings. The van der Waals surface area contributed by atoms with E-state index < -0.39 is 0 Å². The first-order chi connectivity index (χ1) is 19.3. The molecule has 0 aliphatic carbocycles. The van der Waals surface area contributed by atoms with Gasteiger partial charge >= 0.3 is 0 Å². The van der Waals surface area contributed by atoms with Gasteiger partial charge in [-0.15, -0.1) is 22.7 Å². The second-order valence-corrected chi connectivity index (χ2v) is 12.3. The topological polar surface area (TPSA) is 4.93 Å². The average Bonchev–Trinajstić information content (AvgIpc) is 3.65. The lowest BCUT2D eigenvalue weighted by molar-refractivity contribution is 1.19. The van der Waals surface area contributed by atoms with Crippen LogP contribution in [0.5, 0.6) is 0 Å². The van der Waals surface area contributed by atoms with Gasteiger partial charge in [0, 0.05) is 56.8 Å². The van der Waals surface area contributed by atoms with E-state index in [0.29, 0.717) is 0 Å². The number of thiophene rings is 2. The minimum atomic E-state index is 1.21. The maximum atomic E-state index is 2.41. The van der Waals surface area contributed by atoms with Crippen molar-refractivity contribution < 1.29 is 0 Å². The molecule has 3 heteroatoms. The van der Waals surface area contributed by atoms with E-state index in [9.17, 15) is 0 Å². The summed E-state index contributed by atoms with van der Waals surface area (Å²) in [4.78, 5) is 0. The van der Waals surface area contributed by atoms with Crippen molar-refractivity contribution in [3.63, 3.8) is 0 Å². The highest BCUT2D eigenvalue weighted by molar-refractivity contribution is 7.26. The lowest BCUT2D eigenvalue weighted by Gasteiger charge is -2.08. The van der Waals surface area contributed by atoms with Gasteiger partial charge in [0.2, 0.25) is 0 Å². The van der Waals surface area contributed by atoms with Crippen LogP contribution in [0.2, 0.25) is 0 Å². The molecule has 0 amide bonds. The summed E-state index contributed by atoms with van der Waals surface area (Å²) in [6, 6.07) is 46.9. The number of hydrogen-bond acceptors (Lipinski definition) is 2. The normalized spacial score (nSPS) is 12.1. The number of hydrogen-bond donors (Lipinski definition) is 0.